The van der Waals surface area contributed by atoms with Crippen LogP contribution in [0.15, 0.2) is 42.6 Å². The molecule has 3 aliphatic rings. The van der Waals surface area contributed by atoms with E-state index in [0.717, 1.165) is 43.5 Å². The number of rotatable bonds is 22. The number of aromatic nitrogens is 2. The van der Waals surface area contributed by atoms with Crippen LogP contribution in [-0.4, -0.2) is 110 Å². The van der Waals surface area contributed by atoms with Gasteiger partial charge in [0.15, 0.2) is 5.82 Å². The molecule has 0 saturated heterocycles. The van der Waals surface area contributed by atoms with Gasteiger partial charge in [0.05, 0.1) is 25.6 Å². The van der Waals surface area contributed by atoms with E-state index in [0.29, 0.717) is 98.2 Å². The number of carbonyl (C=O) groups excluding carboxylic acids is 6. The molecule has 5 N–H and O–H groups in total. The van der Waals surface area contributed by atoms with E-state index in [1.807, 2.05) is 13.8 Å². The van der Waals surface area contributed by atoms with Gasteiger partial charge in [-0.1, -0.05) is 25.8 Å². The van der Waals surface area contributed by atoms with Crippen molar-refractivity contribution in [3.63, 3.8) is 0 Å². The fraction of sp³-hybridized carbons (Fsp3) is 0.500. The number of ether oxygens (including phenoxy) is 2. The quantitative estimate of drug-likeness (QED) is 0.0544. The maximum atomic E-state index is 13.2. The predicted molar refractivity (Wildman–Crippen MR) is 233 cm³/mol. The molecular weight excluding hydrogens is 797 g/mol. The van der Waals surface area contributed by atoms with Crippen LogP contribution in [0.4, 0.5) is 28.8 Å². The Balaban J connectivity index is 0.879. The van der Waals surface area contributed by atoms with Gasteiger partial charge in [0.1, 0.15) is 24.2 Å². The predicted octanol–water partition coefficient (Wildman–Crippen LogP) is 4.23. The number of hydrogen-bond donors (Lipinski definition) is 5. The summed E-state index contributed by atoms with van der Waals surface area (Å²) in [5.74, 6) is 0.568. The van der Waals surface area contributed by atoms with E-state index in [9.17, 15) is 28.8 Å². The molecule has 3 aromatic rings. The van der Waals surface area contributed by atoms with Crippen LogP contribution >= 0.6 is 0 Å². The largest absolute Gasteiger partial charge is 0.495 e. The van der Waals surface area contributed by atoms with Gasteiger partial charge in [0.25, 0.3) is 11.8 Å². The summed E-state index contributed by atoms with van der Waals surface area (Å²) in [6.07, 6.45) is 9.27. The van der Waals surface area contributed by atoms with Gasteiger partial charge in [-0.3, -0.25) is 34.1 Å². The molecule has 0 radical (unpaired) electrons. The second-order valence-corrected chi connectivity index (χ2v) is 15.8. The SMILES string of the molecule is CCC1C(=O)N(C)c2cnc(Nc3ccc(C(=O)NCOCCNCCCCC(=O)Nc4cccc5c4CN(C(C)CCC(=O)NC=O)C5=O)cc3OC)nc2N1C1CCCC1. The summed E-state index contributed by atoms with van der Waals surface area (Å²) in [6.45, 7) is 5.84. The summed E-state index contributed by atoms with van der Waals surface area (Å²) in [4.78, 5) is 89.2. The van der Waals surface area contributed by atoms with E-state index in [4.69, 9.17) is 14.5 Å². The number of hydrogen-bond acceptors (Lipinski definition) is 13. The molecule has 18 nitrogen and oxygen atoms in total. The van der Waals surface area contributed by atoms with Crippen molar-refractivity contribution in [2.45, 2.75) is 103 Å². The van der Waals surface area contributed by atoms with Crippen LogP contribution in [0.1, 0.15) is 104 Å². The third-order valence-corrected chi connectivity index (χ3v) is 11.7. The molecule has 1 saturated carbocycles. The lowest BCUT2D eigenvalue weighted by Gasteiger charge is -2.43. The van der Waals surface area contributed by atoms with Gasteiger partial charge in [-0.2, -0.15) is 4.98 Å². The number of methoxy groups -OCH3 is 1. The number of unbranched alkanes of at least 4 members (excludes halogenated alkanes) is 1. The number of benzene rings is 2. The van der Waals surface area contributed by atoms with Gasteiger partial charge < -0.3 is 45.4 Å². The molecular formula is C44H58N10O8. The van der Waals surface area contributed by atoms with Crippen LogP contribution in [0.3, 0.4) is 0 Å². The number of nitrogens with zero attached hydrogens (tertiary/aromatic N) is 5. The summed E-state index contributed by atoms with van der Waals surface area (Å²) in [5, 5.41) is 14.4. The van der Waals surface area contributed by atoms with Crippen LogP contribution in [0.5, 0.6) is 5.75 Å². The molecule has 6 rings (SSSR count). The van der Waals surface area contributed by atoms with Gasteiger partial charge >= 0.3 is 0 Å². The van der Waals surface area contributed by atoms with Crippen molar-refractivity contribution in [2.75, 3.05) is 61.0 Å². The van der Waals surface area contributed by atoms with E-state index in [-0.39, 0.29) is 54.9 Å². The van der Waals surface area contributed by atoms with Crippen molar-refractivity contribution in [1.29, 1.82) is 0 Å². The van der Waals surface area contributed by atoms with E-state index in [1.54, 1.807) is 59.4 Å². The minimum atomic E-state index is -0.394. The minimum absolute atomic E-state index is 0.0170. The number of carbonyl (C=O) groups is 6. The minimum Gasteiger partial charge on any atom is -0.495 e. The molecule has 2 unspecified atom stereocenters. The average Bonchev–Trinajstić information content (AvgIpc) is 3.93. The first-order valence-corrected chi connectivity index (χ1v) is 21.4. The molecule has 1 aliphatic carbocycles. The smallest absolute Gasteiger partial charge is 0.254 e. The molecule has 2 aromatic carbocycles. The molecule has 6 amide bonds. The number of likely N-dealkylation sites (N-methyl/N-ethyl adjacent to an activating group) is 1. The Morgan fingerprint density at radius 1 is 1.02 bits per heavy atom. The van der Waals surface area contributed by atoms with Crippen LogP contribution in [0.2, 0.25) is 0 Å². The monoisotopic (exact) mass is 854 g/mol. The van der Waals surface area contributed by atoms with Crippen LogP contribution < -0.4 is 41.1 Å². The molecule has 1 aromatic heterocycles. The molecule has 2 atom stereocenters. The van der Waals surface area contributed by atoms with Gasteiger partial charge in [0.2, 0.25) is 30.1 Å². The van der Waals surface area contributed by atoms with Crippen LogP contribution in [0, 0.1) is 0 Å². The fourth-order valence-corrected chi connectivity index (χ4v) is 8.27. The summed E-state index contributed by atoms with van der Waals surface area (Å²) < 4.78 is 11.2. The molecule has 332 valence electrons. The fourth-order valence-electron chi connectivity index (χ4n) is 8.27. The Hall–Kier alpha value is -6.14. The highest BCUT2D eigenvalue weighted by Crippen LogP contribution is 2.40. The molecule has 62 heavy (non-hydrogen) atoms. The standard InChI is InChI=1S/C44H58N10O8/c1-5-35-43(60)52(3)36-24-46-44(51-40(36)54(35)30-11-6-7-12-30)50-34-18-17-29(23-37(34)61-4)41(58)48-27-62-22-21-45-20-9-8-15-39(57)49-33-14-10-13-31-32(33)25-53(42(31)59)28(2)16-19-38(56)47-26-55/h10,13-14,17-18,23-24,26,28,30,35,45H,5-9,11-12,15-16,19-22,25,27H2,1-4H3,(H,48,58)(H,49,57)(H,46,50,51)(H,47,55,56). The third-order valence-electron chi connectivity index (χ3n) is 11.7. The van der Waals surface area contributed by atoms with Gasteiger partial charge in [0, 0.05) is 67.4 Å². The number of amides is 6. The molecule has 0 spiro atoms. The zero-order valence-electron chi connectivity index (χ0n) is 36.0. The maximum absolute atomic E-state index is 13.2. The van der Waals surface area contributed by atoms with Crippen molar-refractivity contribution >= 4 is 64.8 Å². The summed E-state index contributed by atoms with van der Waals surface area (Å²) in [7, 11) is 3.29. The zero-order chi connectivity index (χ0) is 44.2. The lowest BCUT2D eigenvalue weighted by molar-refractivity contribution is -0.125. The number of anilines is 5. The second-order valence-electron chi connectivity index (χ2n) is 15.8. The molecule has 18 heteroatoms. The Labute approximate surface area is 361 Å². The van der Waals surface area contributed by atoms with Crippen molar-refractivity contribution in [1.82, 2.24) is 30.8 Å². The number of nitrogens with one attached hydrogen (secondary N) is 5. The first-order chi connectivity index (χ1) is 30.0. The first kappa shape index (κ1) is 45.4. The lowest BCUT2D eigenvalue weighted by atomic mass is 10.0. The second kappa shape index (κ2) is 21.6. The Morgan fingerprint density at radius 2 is 1.82 bits per heavy atom. The van der Waals surface area contributed by atoms with E-state index >= 15 is 0 Å². The third kappa shape index (κ3) is 10.8. The Morgan fingerprint density at radius 3 is 2.58 bits per heavy atom. The highest BCUT2D eigenvalue weighted by molar-refractivity contribution is 6.05. The van der Waals surface area contributed by atoms with Crippen LogP contribution in [0.25, 0.3) is 0 Å². The maximum Gasteiger partial charge on any atom is 0.254 e. The summed E-state index contributed by atoms with van der Waals surface area (Å²) >= 11 is 0. The number of fused-ring (bicyclic) bond motifs is 2. The van der Waals surface area contributed by atoms with Crippen molar-refractivity contribution in [3.05, 3.63) is 59.3 Å². The lowest BCUT2D eigenvalue weighted by Crippen LogP contribution is -2.55. The van der Waals surface area contributed by atoms with E-state index in [2.05, 4.69) is 36.5 Å². The highest BCUT2D eigenvalue weighted by atomic mass is 16.5. The molecule has 1 fully saturated rings. The topological polar surface area (TPSA) is 217 Å². The normalized spacial score (nSPS) is 16.5. The molecule has 0 bridgehead atoms. The average molecular weight is 855 g/mol. The van der Waals surface area contributed by atoms with E-state index in [1.165, 1.54) is 7.11 Å². The molecule has 2 aliphatic heterocycles. The van der Waals surface area contributed by atoms with E-state index < -0.39 is 5.91 Å². The summed E-state index contributed by atoms with van der Waals surface area (Å²) in [6, 6.07) is 10.1. The first-order valence-electron chi connectivity index (χ1n) is 21.4. The zero-order valence-corrected chi connectivity index (χ0v) is 36.0. The number of imide groups is 1. The Kier molecular flexibility index (Phi) is 15.8. The Bertz CT molecular complexity index is 2110. The van der Waals surface area contributed by atoms with Crippen molar-refractivity contribution in [3.8, 4) is 5.75 Å². The van der Waals surface area contributed by atoms with Crippen molar-refractivity contribution < 1.29 is 38.2 Å². The molecule has 3 heterocycles. The van der Waals surface area contributed by atoms with Gasteiger partial charge in [-0.05, 0) is 82.3 Å². The van der Waals surface area contributed by atoms with Gasteiger partial charge in [-0.15, -0.1) is 0 Å². The highest BCUT2D eigenvalue weighted by Gasteiger charge is 2.41. The van der Waals surface area contributed by atoms with Crippen molar-refractivity contribution in [2.24, 2.45) is 0 Å². The van der Waals surface area contributed by atoms with Gasteiger partial charge in [-0.25, -0.2) is 4.98 Å². The summed E-state index contributed by atoms with van der Waals surface area (Å²) in [5.41, 5.74) is 3.54. The van der Waals surface area contributed by atoms with Crippen LogP contribution in [-0.2, 0) is 30.5 Å².